The van der Waals surface area contributed by atoms with E-state index in [4.69, 9.17) is 5.73 Å². The van der Waals surface area contributed by atoms with Crippen LogP contribution in [-0.4, -0.2) is 9.55 Å². The molecule has 0 unspecified atom stereocenters. The maximum atomic E-state index is 5.73. The third-order valence-corrected chi connectivity index (χ3v) is 3.08. The molecule has 0 bridgehead atoms. The summed E-state index contributed by atoms with van der Waals surface area (Å²) >= 11 is 0. The molecule has 0 radical (unpaired) electrons. The minimum Gasteiger partial charge on any atom is -0.342 e. The Bertz CT molecular complexity index is 667. The van der Waals surface area contributed by atoms with Gasteiger partial charge in [0.15, 0.2) is 0 Å². The zero-order chi connectivity index (χ0) is 11.1. The van der Waals surface area contributed by atoms with Crippen molar-refractivity contribution in [2.24, 2.45) is 12.8 Å². The van der Waals surface area contributed by atoms with Crippen LogP contribution in [0, 0.1) is 0 Å². The highest BCUT2D eigenvalue weighted by Crippen LogP contribution is 2.28. The average Bonchev–Trinajstić information content (AvgIpc) is 2.64. The van der Waals surface area contributed by atoms with Crippen LogP contribution >= 0.6 is 0 Å². The zero-order valence-electron chi connectivity index (χ0n) is 9.14. The van der Waals surface area contributed by atoms with Crippen LogP contribution in [-0.2, 0) is 13.6 Å². The van der Waals surface area contributed by atoms with Crippen LogP contribution in [0.25, 0.3) is 21.8 Å². The van der Waals surface area contributed by atoms with Crippen LogP contribution < -0.4 is 5.73 Å². The number of aryl methyl sites for hydroxylation is 1. The van der Waals surface area contributed by atoms with E-state index in [0.29, 0.717) is 6.54 Å². The molecule has 0 aliphatic rings. The fourth-order valence-corrected chi connectivity index (χ4v) is 2.35. The van der Waals surface area contributed by atoms with Gasteiger partial charge in [-0.1, -0.05) is 18.2 Å². The topological polar surface area (TPSA) is 43.8 Å². The van der Waals surface area contributed by atoms with Gasteiger partial charge in [0.2, 0.25) is 0 Å². The first-order valence-electron chi connectivity index (χ1n) is 5.34. The van der Waals surface area contributed by atoms with Crippen molar-refractivity contribution in [1.82, 2.24) is 9.55 Å². The molecule has 3 heteroatoms. The zero-order valence-corrected chi connectivity index (χ0v) is 9.14. The maximum Gasteiger partial charge on any atom is 0.0782 e. The molecule has 0 saturated heterocycles. The van der Waals surface area contributed by atoms with E-state index in [9.17, 15) is 0 Å². The predicted molar refractivity (Wildman–Crippen MR) is 66.1 cm³/mol. The summed E-state index contributed by atoms with van der Waals surface area (Å²) < 4.78 is 2.17. The molecule has 0 atom stereocenters. The lowest BCUT2D eigenvalue weighted by Crippen LogP contribution is -2.02. The van der Waals surface area contributed by atoms with Crippen LogP contribution in [0.1, 0.15) is 5.69 Å². The largest absolute Gasteiger partial charge is 0.342 e. The van der Waals surface area contributed by atoms with E-state index in [1.54, 1.807) is 0 Å². The van der Waals surface area contributed by atoms with Gasteiger partial charge < -0.3 is 10.3 Å². The van der Waals surface area contributed by atoms with Crippen LogP contribution in [0.2, 0.25) is 0 Å². The van der Waals surface area contributed by atoms with Crippen LogP contribution in [0.5, 0.6) is 0 Å². The fourth-order valence-electron chi connectivity index (χ4n) is 2.35. The van der Waals surface area contributed by atoms with E-state index < -0.39 is 0 Å². The molecule has 0 amide bonds. The highest BCUT2D eigenvalue weighted by atomic mass is 15.0. The summed E-state index contributed by atoms with van der Waals surface area (Å²) in [5, 5.41) is 2.49. The van der Waals surface area contributed by atoms with Crippen molar-refractivity contribution in [3.05, 3.63) is 42.2 Å². The van der Waals surface area contributed by atoms with Crippen molar-refractivity contribution >= 4 is 21.8 Å². The monoisotopic (exact) mass is 211 g/mol. The van der Waals surface area contributed by atoms with Gasteiger partial charge in [-0.2, -0.15) is 0 Å². The Hall–Kier alpha value is -1.87. The summed E-state index contributed by atoms with van der Waals surface area (Å²) in [5.41, 5.74) is 9.05. The number of nitrogens with two attached hydrogens (primary N) is 1. The minimum absolute atomic E-state index is 0.474. The summed E-state index contributed by atoms with van der Waals surface area (Å²) in [6.07, 6.45) is 1.83. The lowest BCUT2D eigenvalue weighted by atomic mass is 10.1. The molecule has 3 nitrogen and oxygen atoms in total. The van der Waals surface area contributed by atoms with E-state index in [1.165, 1.54) is 16.3 Å². The molecular weight excluding hydrogens is 198 g/mol. The van der Waals surface area contributed by atoms with Crippen LogP contribution in [0.3, 0.4) is 0 Å². The molecular formula is C13H13N3. The van der Waals surface area contributed by atoms with Gasteiger partial charge >= 0.3 is 0 Å². The van der Waals surface area contributed by atoms with E-state index in [1.807, 2.05) is 6.20 Å². The van der Waals surface area contributed by atoms with Gasteiger partial charge in [-0.3, -0.25) is 4.98 Å². The highest BCUT2D eigenvalue weighted by molar-refractivity contribution is 6.08. The predicted octanol–water partition coefficient (Wildman–Crippen LogP) is 2.19. The second-order valence-electron chi connectivity index (χ2n) is 3.93. The van der Waals surface area contributed by atoms with E-state index >= 15 is 0 Å². The Morgan fingerprint density at radius 3 is 2.81 bits per heavy atom. The van der Waals surface area contributed by atoms with Gasteiger partial charge in [0.05, 0.1) is 11.2 Å². The molecule has 2 N–H and O–H groups in total. The number of nitrogens with zero attached hydrogens (tertiary/aromatic N) is 2. The number of para-hydroxylation sites is 1. The first kappa shape index (κ1) is 9.36. The Balaban J connectivity index is 2.61. The van der Waals surface area contributed by atoms with Gasteiger partial charge in [0, 0.05) is 36.1 Å². The molecule has 16 heavy (non-hydrogen) atoms. The summed E-state index contributed by atoms with van der Waals surface area (Å²) in [5.74, 6) is 0. The normalized spacial score (nSPS) is 11.4. The molecule has 2 heterocycles. The SMILES string of the molecule is Cn1c2ccccc2c2ccnc(CN)c21. The van der Waals surface area contributed by atoms with Gasteiger partial charge in [0.1, 0.15) is 0 Å². The standard InChI is InChI=1S/C13H13N3/c1-16-12-5-3-2-4-9(12)10-6-7-15-11(8-14)13(10)16/h2-7H,8,14H2,1H3. The number of pyridine rings is 1. The summed E-state index contributed by atoms with van der Waals surface area (Å²) in [4.78, 5) is 4.34. The molecule has 3 rings (SSSR count). The third kappa shape index (κ3) is 1.09. The maximum absolute atomic E-state index is 5.73. The van der Waals surface area contributed by atoms with E-state index in [-0.39, 0.29) is 0 Å². The quantitative estimate of drug-likeness (QED) is 0.670. The summed E-state index contributed by atoms with van der Waals surface area (Å²) in [6.45, 7) is 0.474. The Labute approximate surface area is 93.5 Å². The molecule has 3 aromatic rings. The van der Waals surface area contributed by atoms with E-state index in [2.05, 4.69) is 46.9 Å². The molecule has 80 valence electrons. The first-order chi connectivity index (χ1) is 7.83. The van der Waals surface area contributed by atoms with Crippen molar-refractivity contribution < 1.29 is 0 Å². The smallest absolute Gasteiger partial charge is 0.0782 e. The second kappa shape index (κ2) is 3.32. The van der Waals surface area contributed by atoms with Crippen molar-refractivity contribution in [2.75, 3.05) is 0 Å². The first-order valence-corrected chi connectivity index (χ1v) is 5.34. The van der Waals surface area contributed by atoms with Gasteiger partial charge in [-0.05, 0) is 12.1 Å². The third-order valence-electron chi connectivity index (χ3n) is 3.08. The second-order valence-corrected chi connectivity index (χ2v) is 3.93. The van der Waals surface area contributed by atoms with Gasteiger partial charge in [-0.15, -0.1) is 0 Å². The Morgan fingerprint density at radius 2 is 2.00 bits per heavy atom. The fraction of sp³-hybridized carbons (Fsp3) is 0.154. The molecule has 0 fully saturated rings. The number of hydrogen-bond donors (Lipinski definition) is 1. The van der Waals surface area contributed by atoms with Crippen molar-refractivity contribution in [3.63, 3.8) is 0 Å². The van der Waals surface area contributed by atoms with Crippen molar-refractivity contribution in [1.29, 1.82) is 0 Å². The summed E-state index contributed by atoms with van der Waals surface area (Å²) in [7, 11) is 2.06. The van der Waals surface area contributed by atoms with Gasteiger partial charge in [-0.25, -0.2) is 0 Å². The van der Waals surface area contributed by atoms with Crippen LogP contribution in [0.15, 0.2) is 36.5 Å². The number of aromatic nitrogens is 2. The molecule has 2 aromatic heterocycles. The lowest BCUT2D eigenvalue weighted by molar-refractivity contribution is 0.950. The Morgan fingerprint density at radius 1 is 1.19 bits per heavy atom. The number of benzene rings is 1. The molecule has 0 saturated carbocycles. The van der Waals surface area contributed by atoms with Crippen molar-refractivity contribution in [3.8, 4) is 0 Å². The summed E-state index contributed by atoms with van der Waals surface area (Å²) in [6, 6.07) is 10.4. The number of hydrogen-bond acceptors (Lipinski definition) is 2. The Kier molecular flexibility index (Phi) is 1.94. The minimum atomic E-state index is 0.474. The molecule has 1 aromatic carbocycles. The molecule has 0 aliphatic heterocycles. The van der Waals surface area contributed by atoms with Gasteiger partial charge in [0.25, 0.3) is 0 Å². The number of fused-ring (bicyclic) bond motifs is 3. The van der Waals surface area contributed by atoms with Crippen LogP contribution in [0.4, 0.5) is 0 Å². The average molecular weight is 211 g/mol. The molecule has 0 aliphatic carbocycles. The molecule has 0 spiro atoms. The lowest BCUT2D eigenvalue weighted by Gasteiger charge is -2.02. The van der Waals surface area contributed by atoms with Crippen molar-refractivity contribution in [2.45, 2.75) is 6.54 Å². The highest BCUT2D eigenvalue weighted by Gasteiger charge is 2.10. The van der Waals surface area contributed by atoms with E-state index in [0.717, 1.165) is 11.2 Å². The number of rotatable bonds is 1.